The van der Waals surface area contributed by atoms with Gasteiger partial charge in [-0.3, -0.25) is 29.0 Å². The molecule has 70 heavy (non-hydrogen) atoms. The highest BCUT2D eigenvalue weighted by Crippen LogP contribution is 2.48. The second-order valence-electron chi connectivity index (χ2n) is 21.2. The van der Waals surface area contributed by atoms with E-state index in [2.05, 4.69) is 27.7 Å². The van der Waals surface area contributed by atoms with Gasteiger partial charge < -0.3 is 0 Å². The van der Waals surface area contributed by atoms with Crippen LogP contribution in [0.5, 0.6) is 0 Å². The minimum atomic E-state index is -0.299. The van der Waals surface area contributed by atoms with Crippen LogP contribution in [-0.2, 0) is 0 Å². The zero-order chi connectivity index (χ0) is 49.5. The fourth-order valence-corrected chi connectivity index (χ4v) is 13.0. The summed E-state index contributed by atoms with van der Waals surface area (Å²) in [4.78, 5) is 66.1. The number of benzene rings is 2. The first-order valence-electron chi connectivity index (χ1n) is 28.8. The summed E-state index contributed by atoms with van der Waals surface area (Å²) in [6.07, 6.45) is 38.4. The van der Waals surface area contributed by atoms with E-state index in [1.54, 1.807) is 32.5 Å². The summed E-state index contributed by atoms with van der Waals surface area (Å²) in [6.45, 7) is 9.80. The van der Waals surface area contributed by atoms with E-state index < -0.39 is 0 Å². The van der Waals surface area contributed by atoms with Crippen molar-refractivity contribution in [2.24, 2.45) is 11.8 Å². The predicted molar refractivity (Wildman–Crippen MR) is 299 cm³/mol. The van der Waals surface area contributed by atoms with Crippen LogP contribution < -0.4 is 0 Å². The molecule has 0 saturated heterocycles. The van der Waals surface area contributed by atoms with E-state index in [4.69, 9.17) is 0 Å². The van der Waals surface area contributed by atoms with Crippen LogP contribution in [0.3, 0.4) is 0 Å². The van der Waals surface area contributed by atoms with E-state index in [1.807, 2.05) is 47.2 Å². The average molecular weight is 992 g/mol. The minimum absolute atomic E-state index is 0.211. The van der Waals surface area contributed by atoms with E-state index in [0.29, 0.717) is 57.2 Å². The Hall–Kier alpha value is -3.62. The largest absolute Gasteiger partial charge is 0.274 e. The van der Waals surface area contributed by atoms with Gasteiger partial charge in [0.2, 0.25) is 0 Å². The Kier molecular flexibility index (Phi) is 24.2. The Labute approximate surface area is 432 Å². The van der Waals surface area contributed by atoms with Gasteiger partial charge in [0.05, 0.1) is 11.1 Å². The number of nitrogens with zero attached hydrogens (tertiary/aromatic N) is 2. The van der Waals surface area contributed by atoms with Crippen molar-refractivity contribution in [1.82, 2.24) is 9.80 Å². The quantitative estimate of drug-likeness (QED) is 0.0331. The molecule has 2 atom stereocenters. The second-order valence-corrected chi connectivity index (χ2v) is 23.1. The highest BCUT2D eigenvalue weighted by Gasteiger charge is 2.44. The maximum Gasteiger partial charge on any atom is 0.262 e. The molecule has 0 N–H and O–H groups in total. The molecule has 6 rings (SSSR count). The van der Waals surface area contributed by atoms with Crippen LogP contribution in [0.15, 0.2) is 47.2 Å². The molecule has 4 heterocycles. The first-order valence-corrected chi connectivity index (χ1v) is 30.6. The van der Waals surface area contributed by atoms with Gasteiger partial charge in [-0.05, 0) is 72.5 Å². The monoisotopic (exact) mass is 991 g/mol. The summed E-state index contributed by atoms with van der Waals surface area (Å²) in [6, 6.07) is 11.8. The number of imide groups is 2. The number of amides is 4. The third kappa shape index (κ3) is 15.2. The molecule has 0 saturated carbocycles. The molecule has 2 aliphatic heterocycles. The SMILES string of the molecule is CCCCCCCCCCC(CCCCCCCC)CN1C(=O)c2cc(-c3cccs3)c3c4c(cc(-c5cccs5)c(c24)C1=O)C(=O)N(CC(CCCCCCCC)CCCCCCCCCC)C3=O. The highest BCUT2D eigenvalue weighted by molar-refractivity contribution is 7.14. The molecule has 6 nitrogen and oxygen atoms in total. The number of thiophene rings is 2. The lowest BCUT2D eigenvalue weighted by molar-refractivity contribution is 0.0557. The van der Waals surface area contributed by atoms with Gasteiger partial charge in [0.1, 0.15) is 0 Å². The zero-order valence-electron chi connectivity index (χ0n) is 44.2. The average Bonchev–Trinajstić information content (AvgIpc) is 4.12. The third-order valence-electron chi connectivity index (χ3n) is 15.6. The van der Waals surface area contributed by atoms with Crippen molar-refractivity contribution >= 4 is 57.1 Å². The summed E-state index contributed by atoms with van der Waals surface area (Å²) < 4.78 is 0. The van der Waals surface area contributed by atoms with Gasteiger partial charge in [0.25, 0.3) is 23.6 Å². The van der Waals surface area contributed by atoms with E-state index >= 15 is 19.2 Å². The molecule has 2 aromatic carbocycles. The van der Waals surface area contributed by atoms with Crippen molar-refractivity contribution in [3.8, 4) is 20.9 Å². The molecular weight excluding hydrogens is 901 g/mol. The number of hydrogen-bond acceptors (Lipinski definition) is 6. The van der Waals surface area contributed by atoms with Gasteiger partial charge in [-0.1, -0.05) is 220 Å². The summed E-state index contributed by atoms with van der Waals surface area (Å²) in [5.41, 5.74) is 3.18. The van der Waals surface area contributed by atoms with E-state index in [0.717, 1.165) is 61.1 Å². The molecule has 0 fully saturated rings. The Morgan fingerprint density at radius 1 is 0.371 bits per heavy atom. The van der Waals surface area contributed by atoms with Crippen molar-refractivity contribution in [1.29, 1.82) is 0 Å². The van der Waals surface area contributed by atoms with Gasteiger partial charge in [0, 0.05) is 55.9 Å². The van der Waals surface area contributed by atoms with Crippen LogP contribution in [0.4, 0.5) is 0 Å². The number of carbonyl (C=O) groups excluding carboxylic acids is 4. The number of unbranched alkanes of at least 4 members (excludes halogenated alkanes) is 24. The Bertz CT molecular complexity index is 2050. The number of rotatable bonds is 38. The molecule has 0 aliphatic carbocycles. The molecule has 4 aromatic rings. The lowest BCUT2D eigenvalue weighted by Gasteiger charge is -2.36. The van der Waals surface area contributed by atoms with Crippen LogP contribution >= 0.6 is 22.7 Å². The fourth-order valence-electron chi connectivity index (χ4n) is 11.5. The Morgan fingerprint density at radius 2 is 0.657 bits per heavy atom. The number of hydrogen-bond donors (Lipinski definition) is 0. The van der Waals surface area contributed by atoms with Gasteiger partial charge >= 0.3 is 0 Å². The van der Waals surface area contributed by atoms with Crippen LogP contribution in [0, 0.1) is 11.8 Å². The molecule has 0 bridgehead atoms. The van der Waals surface area contributed by atoms with E-state index in [-0.39, 0.29) is 35.5 Å². The first kappa shape index (κ1) is 55.7. The predicted octanol–water partition coefficient (Wildman–Crippen LogP) is 19.3. The molecule has 2 aliphatic rings. The van der Waals surface area contributed by atoms with E-state index in [9.17, 15) is 0 Å². The summed E-state index contributed by atoms with van der Waals surface area (Å²) in [7, 11) is 0. The Balaban J connectivity index is 1.34. The molecule has 0 spiro atoms. The maximum atomic E-state index is 15.4. The van der Waals surface area contributed by atoms with Crippen LogP contribution in [0.25, 0.3) is 31.7 Å². The highest BCUT2D eigenvalue weighted by atomic mass is 32.1. The zero-order valence-corrected chi connectivity index (χ0v) is 45.8. The van der Waals surface area contributed by atoms with Crippen molar-refractivity contribution < 1.29 is 19.2 Å². The molecular formula is C62H90N2O4S2. The van der Waals surface area contributed by atoms with Crippen LogP contribution in [0.1, 0.15) is 275 Å². The minimum Gasteiger partial charge on any atom is -0.274 e. The standard InChI is InChI=1S/C62H90N2O4S2/c1-5-9-13-17-21-23-27-31-37-47(35-29-25-19-15-11-7-3)45-63-59(65)51-43-50(54-40-34-42-70-54)58-56-52(44-49(53-39-33-41-69-53)57(55(51)56)61(63)67)60(66)64(62(58)68)46-48(36-30-26-20-16-12-8-4)38-32-28-24-22-18-14-10-6-2/h33-34,39-44,47-48H,5-32,35-38,45-46H2,1-4H3. The van der Waals surface area contributed by atoms with Crippen molar-refractivity contribution in [2.45, 2.75) is 233 Å². The molecule has 2 aromatic heterocycles. The topological polar surface area (TPSA) is 74.8 Å². The summed E-state index contributed by atoms with van der Waals surface area (Å²) in [5, 5.41) is 5.00. The maximum absolute atomic E-state index is 15.4. The van der Waals surface area contributed by atoms with Crippen molar-refractivity contribution in [3.63, 3.8) is 0 Å². The van der Waals surface area contributed by atoms with E-state index in [1.165, 1.54) is 154 Å². The molecule has 2 unspecified atom stereocenters. The molecule has 4 amide bonds. The lowest BCUT2D eigenvalue weighted by Crippen LogP contribution is -2.46. The van der Waals surface area contributed by atoms with Gasteiger partial charge in [-0.15, -0.1) is 22.7 Å². The number of carbonyl (C=O) groups is 4. The molecule has 8 heteroatoms. The van der Waals surface area contributed by atoms with Gasteiger partial charge in [-0.25, -0.2) is 0 Å². The fraction of sp³-hybridized carbons (Fsp3) is 0.645. The van der Waals surface area contributed by atoms with Gasteiger partial charge in [0.15, 0.2) is 0 Å². The van der Waals surface area contributed by atoms with Crippen molar-refractivity contribution in [2.75, 3.05) is 13.1 Å². The second kappa shape index (κ2) is 30.4. The van der Waals surface area contributed by atoms with Crippen molar-refractivity contribution in [3.05, 3.63) is 69.4 Å². The smallest absolute Gasteiger partial charge is 0.262 e. The summed E-state index contributed by atoms with van der Waals surface area (Å²) >= 11 is 3.09. The first-order chi connectivity index (χ1) is 34.3. The normalized spacial score (nSPS) is 14.5. The van der Waals surface area contributed by atoms with Crippen LogP contribution in [-0.4, -0.2) is 46.5 Å². The molecule has 0 radical (unpaired) electrons. The summed E-state index contributed by atoms with van der Waals surface area (Å²) in [5.74, 6) is -0.765. The van der Waals surface area contributed by atoms with Crippen LogP contribution in [0.2, 0.25) is 0 Å². The Morgan fingerprint density at radius 3 is 0.929 bits per heavy atom. The molecule has 384 valence electrons. The van der Waals surface area contributed by atoms with Gasteiger partial charge in [-0.2, -0.15) is 0 Å². The lowest BCUT2D eigenvalue weighted by atomic mass is 9.80. The third-order valence-corrected chi connectivity index (χ3v) is 17.4.